The Bertz CT molecular complexity index is 217. The fraction of sp³-hybridized carbons (Fsp3) is 0.933. The van der Waals surface area contributed by atoms with Gasteiger partial charge in [-0.2, -0.15) is 0 Å². The van der Waals surface area contributed by atoms with Crippen molar-refractivity contribution in [2.24, 2.45) is 17.6 Å². The van der Waals surface area contributed by atoms with Crippen LogP contribution in [0.4, 0.5) is 0 Å². The second-order valence-electron chi connectivity index (χ2n) is 5.90. The summed E-state index contributed by atoms with van der Waals surface area (Å²) in [7, 11) is 0. The quantitative estimate of drug-likeness (QED) is 0.590. The molecule has 3 N–H and O–H groups in total. The highest BCUT2D eigenvalue weighted by Crippen LogP contribution is 2.14. The molecule has 0 heterocycles. The first-order valence-corrected chi connectivity index (χ1v) is 7.49. The Labute approximate surface area is 113 Å². The molecule has 0 rings (SSSR count). The third kappa shape index (κ3) is 9.46. The smallest absolute Gasteiger partial charge is 0.220 e. The maximum absolute atomic E-state index is 11.9. The molecular weight excluding hydrogens is 224 g/mol. The zero-order valence-corrected chi connectivity index (χ0v) is 12.7. The van der Waals surface area contributed by atoms with E-state index in [-0.39, 0.29) is 5.91 Å². The summed E-state index contributed by atoms with van der Waals surface area (Å²) in [5.74, 6) is 1.09. The van der Waals surface area contributed by atoms with Gasteiger partial charge in [0.05, 0.1) is 0 Å². The van der Waals surface area contributed by atoms with E-state index in [4.69, 9.17) is 5.73 Å². The normalized spacial score (nSPS) is 14.6. The third-order valence-electron chi connectivity index (χ3n) is 3.26. The van der Waals surface area contributed by atoms with E-state index in [2.05, 4.69) is 33.0 Å². The Morgan fingerprint density at radius 1 is 1.22 bits per heavy atom. The van der Waals surface area contributed by atoms with Gasteiger partial charge in [0.2, 0.25) is 5.91 Å². The van der Waals surface area contributed by atoms with Crippen molar-refractivity contribution in [1.82, 2.24) is 5.32 Å². The minimum absolute atomic E-state index is 0.162. The molecule has 3 nitrogen and oxygen atoms in total. The second-order valence-corrected chi connectivity index (χ2v) is 5.90. The highest BCUT2D eigenvalue weighted by atomic mass is 16.1. The zero-order chi connectivity index (χ0) is 14.0. The predicted molar refractivity (Wildman–Crippen MR) is 78.4 cm³/mol. The lowest BCUT2D eigenvalue weighted by Crippen LogP contribution is -2.35. The van der Waals surface area contributed by atoms with Crippen LogP contribution in [0.25, 0.3) is 0 Å². The number of hydrogen-bond donors (Lipinski definition) is 2. The Morgan fingerprint density at radius 2 is 1.89 bits per heavy atom. The van der Waals surface area contributed by atoms with Crippen LogP contribution in [0.3, 0.4) is 0 Å². The van der Waals surface area contributed by atoms with Crippen LogP contribution in [-0.4, -0.2) is 18.5 Å². The van der Waals surface area contributed by atoms with Crippen LogP contribution >= 0.6 is 0 Å². The first-order chi connectivity index (χ1) is 8.49. The van der Waals surface area contributed by atoms with E-state index in [1.165, 1.54) is 19.3 Å². The van der Waals surface area contributed by atoms with Crippen LogP contribution in [0.2, 0.25) is 0 Å². The van der Waals surface area contributed by atoms with Crippen molar-refractivity contribution in [2.75, 3.05) is 6.54 Å². The Morgan fingerprint density at radius 3 is 2.39 bits per heavy atom. The van der Waals surface area contributed by atoms with E-state index < -0.39 is 0 Å². The Kier molecular flexibility index (Phi) is 10.0. The van der Waals surface area contributed by atoms with Crippen LogP contribution in [0.5, 0.6) is 0 Å². The summed E-state index contributed by atoms with van der Waals surface area (Å²) in [4.78, 5) is 11.9. The number of hydrogen-bond acceptors (Lipinski definition) is 2. The molecule has 0 aliphatic heterocycles. The van der Waals surface area contributed by atoms with Crippen molar-refractivity contribution in [3.63, 3.8) is 0 Å². The lowest BCUT2D eigenvalue weighted by atomic mass is 9.94. The topological polar surface area (TPSA) is 55.1 Å². The summed E-state index contributed by atoms with van der Waals surface area (Å²) < 4.78 is 0. The molecule has 0 aromatic heterocycles. The molecule has 18 heavy (non-hydrogen) atoms. The summed E-state index contributed by atoms with van der Waals surface area (Å²) in [5, 5.41) is 3.08. The number of rotatable bonds is 10. The molecule has 0 saturated carbocycles. The average Bonchev–Trinajstić information content (AvgIpc) is 2.27. The monoisotopic (exact) mass is 256 g/mol. The molecule has 0 aromatic carbocycles. The van der Waals surface area contributed by atoms with Crippen LogP contribution in [0.1, 0.15) is 66.2 Å². The summed E-state index contributed by atoms with van der Waals surface area (Å²) >= 11 is 0. The molecule has 0 bridgehead atoms. The molecule has 0 aliphatic carbocycles. The highest BCUT2D eigenvalue weighted by molar-refractivity contribution is 5.76. The van der Waals surface area contributed by atoms with E-state index in [1.54, 1.807) is 0 Å². The van der Waals surface area contributed by atoms with Gasteiger partial charge < -0.3 is 11.1 Å². The van der Waals surface area contributed by atoms with Crippen LogP contribution in [0.15, 0.2) is 0 Å². The first kappa shape index (κ1) is 17.4. The number of nitrogens with one attached hydrogen (secondary N) is 1. The van der Waals surface area contributed by atoms with Crippen LogP contribution < -0.4 is 11.1 Å². The number of unbranched alkanes of at least 4 members (excludes halogenated alkanes) is 2. The van der Waals surface area contributed by atoms with Gasteiger partial charge in [-0.3, -0.25) is 4.79 Å². The molecule has 2 unspecified atom stereocenters. The van der Waals surface area contributed by atoms with Gasteiger partial charge in [0, 0.05) is 12.5 Å². The van der Waals surface area contributed by atoms with Gasteiger partial charge in [-0.05, 0) is 38.1 Å². The maximum atomic E-state index is 11.9. The summed E-state index contributed by atoms with van der Waals surface area (Å²) in [6, 6.07) is 0.293. The largest absolute Gasteiger partial charge is 0.354 e. The Balaban J connectivity index is 3.85. The summed E-state index contributed by atoms with van der Waals surface area (Å²) in [6.45, 7) is 9.24. The number of carbonyl (C=O) groups is 1. The van der Waals surface area contributed by atoms with Crippen molar-refractivity contribution in [3.8, 4) is 0 Å². The molecule has 0 saturated heterocycles. The number of nitrogens with two attached hydrogens (primary N) is 1. The van der Waals surface area contributed by atoms with Gasteiger partial charge >= 0.3 is 0 Å². The molecule has 1 amide bonds. The van der Waals surface area contributed by atoms with Crippen molar-refractivity contribution < 1.29 is 4.79 Å². The molecule has 0 aliphatic rings. The highest BCUT2D eigenvalue weighted by Gasteiger charge is 2.15. The molecule has 3 heteroatoms. The summed E-state index contributed by atoms with van der Waals surface area (Å²) in [6.07, 6.45) is 6.37. The van der Waals surface area contributed by atoms with Gasteiger partial charge in [0.15, 0.2) is 0 Å². The van der Waals surface area contributed by atoms with Crippen LogP contribution in [-0.2, 0) is 4.79 Å². The minimum atomic E-state index is 0.162. The minimum Gasteiger partial charge on any atom is -0.354 e. The average molecular weight is 256 g/mol. The maximum Gasteiger partial charge on any atom is 0.220 e. The molecule has 0 radical (unpaired) electrons. The standard InChI is InChI=1S/C15H32N2O/c1-5-6-7-8-13(4)17-15(18)10-14(11-16)9-12(2)3/h12-14H,5-11,16H2,1-4H3,(H,17,18). The first-order valence-electron chi connectivity index (χ1n) is 7.49. The third-order valence-corrected chi connectivity index (χ3v) is 3.26. The van der Waals surface area contributed by atoms with E-state index >= 15 is 0 Å². The molecular formula is C15H32N2O. The van der Waals surface area contributed by atoms with Crippen molar-refractivity contribution >= 4 is 5.91 Å². The van der Waals surface area contributed by atoms with Crippen molar-refractivity contribution in [1.29, 1.82) is 0 Å². The van der Waals surface area contributed by atoms with Gasteiger partial charge in [0.25, 0.3) is 0 Å². The SMILES string of the molecule is CCCCCC(C)NC(=O)CC(CN)CC(C)C. The van der Waals surface area contributed by atoms with Gasteiger partial charge in [0.1, 0.15) is 0 Å². The lowest BCUT2D eigenvalue weighted by molar-refractivity contribution is -0.122. The molecule has 0 spiro atoms. The van der Waals surface area contributed by atoms with E-state index in [0.717, 1.165) is 12.8 Å². The van der Waals surface area contributed by atoms with Crippen LogP contribution in [0, 0.1) is 11.8 Å². The fourth-order valence-corrected chi connectivity index (χ4v) is 2.30. The van der Waals surface area contributed by atoms with Crippen molar-refractivity contribution in [2.45, 2.75) is 72.3 Å². The number of carbonyl (C=O) groups excluding carboxylic acids is 1. The molecule has 2 atom stereocenters. The van der Waals surface area contributed by atoms with Gasteiger partial charge in [-0.15, -0.1) is 0 Å². The van der Waals surface area contributed by atoms with E-state index in [1.807, 2.05) is 0 Å². The second kappa shape index (κ2) is 10.4. The van der Waals surface area contributed by atoms with Gasteiger partial charge in [-0.25, -0.2) is 0 Å². The predicted octanol–water partition coefficient (Wildman–Crippen LogP) is 3.08. The number of amides is 1. The van der Waals surface area contributed by atoms with Gasteiger partial charge in [-0.1, -0.05) is 40.0 Å². The molecule has 0 fully saturated rings. The van der Waals surface area contributed by atoms with E-state index in [0.29, 0.717) is 30.8 Å². The van der Waals surface area contributed by atoms with E-state index in [9.17, 15) is 4.79 Å². The molecule has 108 valence electrons. The summed E-state index contributed by atoms with van der Waals surface area (Å²) in [5.41, 5.74) is 5.72. The zero-order valence-electron chi connectivity index (χ0n) is 12.7. The lowest BCUT2D eigenvalue weighted by Gasteiger charge is -2.19. The molecule has 0 aromatic rings. The van der Waals surface area contributed by atoms with Crippen molar-refractivity contribution in [3.05, 3.63) is 0 Å². The Hall–Kier alpha value is -0.570. The fourth-order valence-electron chi connectivity index (χ4n) is 2.30.